The van der Waals surface area contributed by atoms with Gasteiger partial charge in [0, 0.05) is 17.7 Å². The molecular formula is C13H17F2N. The Kier molecular flexibility index (Phi) is 3.54. The van der Waals surface area contributed by atoms with Gasteiger partial charge in [-0.25, -0.2) is 8.78 Å². The van der Waals surface area contributed by atoms with Crippen molar-refractivity contribution in [2.24, 2.45) is 5.92 Å². The van der Waals surface area contributed by atoms with E-state index in [9.17, 15) is 8.78 Å². The van der Waals surface area contributed by atoms with Gasteiger partial charge >= 0.3 is 0 Å². The SMILES string of the molecule is CC(NCC1CCC1)c1ccc(F)cc1F. The Morgan fingerprint density at radius 1 is 1.38 bits per heavy atom. The fourth-order valence-corrected chi connectivity index (χ4v) is 2.00. The lowest BCUT2D eigenvalue weighted by molar-refractivity contribution is 0.291. The third kappa shape index (κ3) is 2.59. The first-order valence-electron chi connectivity index (χ1n) is 5.85. The van der Waals surface area contributed by atoms with Gasteiger partial charge in [0.1, 0.15) is 11.6 Å². The molecule has 1 saturated carbocycles. The van der Waals surface area contributed by atoms with E-state index in [0.717, 1.165) is 18.5 Å². The molecule has 0 heterocycles. The van der Waals surface area contributed by atoms with E-state index >= 15 is 0 Å². The predicted octanol–water partition coefficient (Wildman–Crippen LogP) is 3.42. The molecule has 16 heavy (non-hydrogen) atoms. The van der Waals surface area contributed by atoms with Crippen LogP contribution in [0.5, 0.6) is 0 Å². The Morgan fingerprint density at radius 3 is 2.69 bits per heavy atom. The summed E-state index contributed by atoms with van der Waals surface area (Å²) in [7, 11) is 0. The standard InChI is InChI=1S/C13H17F2N/c1-9(16-8-10-3-2-4-10)12-6-5-11(14)7-13(12)15/h5-7,9-10,16H,2-4,8H2,1H3. The molecule has 0 aromatic heterocycles. The van der Waals surface area contributed by atoms with Crippen LogP contribution < -0.4 is 5.32 Å². The van der Waals surface area contributed by atoms with E-state index in [-0.39, 0.29) is 6.04 Å². The summed E-state index contributed by atoms with van der Waals surface area (Å²) in [5.41, 5.74) is 0.542. The fraction of sp³-hybridized carbons (Fsp3) is 0.538. The molecule has 0 radical (unpaired) electrons. The van der Waals surface area contributed by atoms with E-state index in [1.807, 2.05) is 6.92 Å². The van der Waals surface area contributed by atoms with Crippen molar-refractivity contribution in [2.75, 3.05) is 6.54 Å². The first-order valence-corrected chi connectivity index (χ1v) is 5.85. The summed E-state index contributed by atoms with van der Waals surface area (Å²) in [6.45, 7) is 2.84. The van der Waals surface area contributed by atoms with E-state index in [0.29, 0.717) is 5.56 Å². The largest absolute Gasteiger partial charge is 0.310 e. The second-order valence-electron chi connectivity index (χ2n) is 4.59. The second kappa shape index (κ2) is 4.91. The van der Waals surface area contributed by atoms with Crippen LogP contribution in [0.1, 0.15) is 37.8 Å². The first kappa shape index (κ1) is 11.5. The molecule has 1 nitrogen and oxygen atoms in total. The monoisotopic (exact) mass is 225 g/mol. The number of benzene rings is 1. The molecule has 0 spiro atoms. The van der Waals surface area contributed by atoms with Crippen molar-refractivity contribution in [3.05, 3.63) is 35.4 Å². The summed E-state index contributed by atoms with van der Waals surface area (Å²) in [4.78, 5) is 0. The van der Waals surface area contributed by atoms with Crippen molar-refractivity contribution >= 4 is 0 Å². The summed E-state index contributed by atoms with van der Waals surface area (Å²) in [5.74, 6) is -0.244. The van der Waals surface area contributed by atoms with Gasteiger partial charge in [-0.05, 0) is 38.3 Å². The molecular weight excluding hydrogens is 208 g/mol. The minimum Gasteiger partial charge on any atom is -0.310 e. The van der Waals surface area contributed by atoms with Crippen LogP contribution in [0, 0.1) is 17.6 Å². The lowest BCUT2D eigenvalue weighted by Gasteiger charge is -2.27. The van der Waals surface area contributed by atoms with Crippen LogP contribution in [0.4, 0.5) is 8.78 Å². The van der Waals surface area contributed by atoms with Gasteiger partial charge < -0.3 is 5.32 Å². The van der Waals surface area contributed by atoms with Gasteiger partial charge in [-0.3, -0.25) is 0 Å². The van der Waals surface area contributed by atoms with Gasteiger partial charge in [-0.2, -0.15) is 0 Å². The molecule has 1 N–H and O–H groups in total. The quantitative estimate of drug-likeness (QED) is 0.828. The van der Waals surface area contributed by atoms with Gasteiger partial charge in [-0.1, -0.05) is 12.5 Å². The predicted molar refractivity (Wildman–Crippen MR) is 60.1 cm³/mol. The van der Waals surface area contributed by atoms with Crippen LogP contribution in [-0.2, 0) is 0 Å². The highest BCUT2D eigenvalue weighted by atomic mass is 19.1. The Balaban J connectivity index is 1.93. The normalized spacial score (nSPS) is 18.2. The fourth-order valence-electron chi connectivity index (χ4n) is 2.00. The molecule has 1 aliphatic carbocycles. The zero-order valence-electron chi connectivity index (χ0n) is 9.47. The number of halogens is 2. The highest BCUT2D eigenvalue weighted by Crippen LogP contribution is 2.26. The van der Waals surface area contributed by atoms with Crippen LogP contribution in [0.25, 0.3) is 0 Å². The third-order valence-corrected chi connectivity index (χ3v) is 3.37. The second-order valence-corrected chi connectivity index (χ2v) is 4.59. The molecule has 1 aromatic rings. The summed E-state index contributed by atoms with van der Waals surface area (Å²) in [6.07, 6.45) is 3.85. The van der Waals surface area contributed by atoms with Crippen molar-refractivity contribution < 1.29 is 8.78 Å². The first-order chi connectivity index (χ1) is 7.66. The van der Waals surface area contributed by atoms with Crippen molar-refractivity contribution in [1.82, 2.24) is 5.32 Å². The summed E-state index contributed by atoms with van der Waals surface area (Å²) < 4.78 is 26.2. The Labute approximate surface area is 94.9 Å². The van der Waals surface area contributed by atoms with E-state index in [4.69, 9.17) is 0 Å². The van der Waals surface area contributed by atoms with E-state index < -0.39 is 11.6 Å². The van der Waals surface area contributed by atoms with Crippen molar-refractivity contribution in [3.8, 4) is 0 Å². The summed E-state index contributed by atoms with van der Waals surface area (Å²) in [5, 5.41) is 3.30. The highest BCUT2D eigenvalue weighted by molar-refractivity contribution is 5.21. The maximum Gasteiger partial charge on any atom is 0.130 e. The molecule has 1 atom stereocenters. The van der Waals surface area contributed by atoms with Crippen LogP contribution in [0.15, 0.2) is 18.2 Å². The van der Waals surface area contributed by atoms with E-state index in [1.54, 1.807) is 0 Å². The molecule has 0 amide bonds. The Morgan fingerprint density at radius 2 is 2.12 bits per heavy atom. The number of nitrogens with one attached hydrogen (secondary N) is 1. The van der Waals surface area contributed by atoms with Crippen LogP contribution in [0.3, 0.4) is 0 Å². The lowest BCUT2D eigenvalue weighted by Crippen LogP contribution is -2.29. The molecule has 1 aliphatic rings. The number of hydrogen-bond donors (Lipinski definition) is 1. The topological polar surface area (TPSA) is 12.0 Å². The van der Waals surface area contributed by atoms with E-state index in [1.165, 1.54) is 31.4 Å². The number of rotatable bonds is 4. The molecule has 1 unspecified atom stereocenters. The lowest BCUT2D eigenvalue weighted by atomic mass is 9.85. The van der Waals surface area contributed by atoms with Gasteiger partial charge in [0.15, 0.2) is 0 Å². The van der Waals surface area contributed by atoms with Crippen molar-refractivity contribution in [3.63, 3.8) is 0 Å². The molecule has 2 rings (SSSR count). The maximum atomic E-state index is 13.4. The maximum absolute atomic E-state index is 13.4. The third-order valence-electron chi connectivity index (χ3n) is 3.37. The zero-order chi connectivity index (χ0) is 11.5. The molecule has 1 fully saturated rings. The minimum absolute atomic E-state index is 0.0544. The molecule has 0 aliphatic heterocycles. The van der Waals surface area contributed by atoms with Gasteiger partial charge in [0.2, 0.25) is 0 Å². The molecule has 0 saturated heterocycles. The minimum atomic E-state index is -0.521. The average Bonchev–Trinajstić information content (AvgIpc) is 2.14. The van der Waals surface area contributed by atoms with Crippen LogP contribution in [-0.4, -0.2) is 6.54 Å². The smallest absolute Gasteiger partial charge is 0.130 e. The Bertz CT molecular complexity index is 361. The van der Waals surface area contributed by atoms with Crippen molar-refractivity contribution in [1.29, 1.82) is 0 Å². The average molecular weight is 225 g/mol. The van der Waals surface area contributed by atoms with Crippen molar-refractivity contribution in [2.45, 2.75) is 32.2 Å². The van der Waals surface area contributed by atoms with E-state index in [2.05, 4.69) is 5.32 Å². The molecule has 3 heteroatoms. The Hall–Kier alpha value is -0.960. The summed E-state index contributed by atoms with van der Waals surface area (Å²) >= 11 is 0. The molecule has 1 aromatic carbocycles. The van der Waals surface area contributed by atoms with Crippen LogP contribution in [0.2, 0.25) is 0 Å². The summed E-state index contributed by atoms with van der Waals surface area (Å²) in [6, 6.07) is 3.71. The number of hydrogen-bond acceptors (Lipinski definition) is 1. The zero-order valence-corrected chi connectivity index (χ0v) is 9.47. The molecule has 0 bridgehead atoms. The highest BCUT2D eigenvalue weighted by Gasteiger charge is 2.19. The van der Waals surface area contributed by atoms with Gasteiger partial charge in [0.05, 0.1) is 0 Å². The van der Waals surface area contributed by atoms with Gasteiger partial charge in [-0.15, -0.1) is 0 Å². The van der Waals surface area contributed by atoms with Crippen LogP contribution >= 0.6 is 0 Å². The van der Waals surface area contributed by atoms with Gasteiger partial charge in [0.25, 0.3) is 0 Å². The molecule has 88 valence electrons.